The lowest BCUT2D eigenvalue weighted by Crippen LogP contribution is -1.82. The van der Waals surface area contributed by atoms with Crippen molar-refractivity contribution in [3.8, 4) is 0 Å². The average Bonchev–Trinajstić information content (AvgIpc) is 3.08. The summed E-state index contributed by atoms with van der Waals surface area (Å²) in [5, 5.41) is 10.3. The van der Waals surface area contributed by atoms with Gasteiger partial charge in [-0.1, -0.05) is 46.9 Å². The molecule has 0 radical (unpaired) electrons. The molecule has 20 heavy (non-hydrogen) atoms. The van der Waals surface area contributed by atoms with E-state index in [2.05, 4.69) is 21.4 Å². The van der Waals surface area contributed by atoms with Crippen molar-refractivity contribution < 1.29 is 0 Å². The Balaban J connectivity index is 1.74. The maximum Gasteiger partial charge on any atom is 0.232 e. The van der Waals surface area contributed by atoms with Crippen LogP contribution in [0, 0.1) is 0 Å². The van der Waals surface area contributed by atoms with Crippen molar-refractivity contribution in [2.24, 2.45) is 10.3 Å². The Labute approximate surface area is 119 Å². The minimum absolute atomic E-state index is 0.670. The van der Waals surface area contributed by atoms with Gasteiger partial charge in [0, 0.05) is 11.6 Å². The van der Waals surface area contributed by atoms with E-state index in [1.807, 2.05) is 54.7 Å². The van der Waals surface area contributed by atoms with Crippen molar-refractivity contribution in [1.82, 2.24) is 9.66 Å². The highest BCUT2D eigenvalue weighted by molar-refractivity contribution is 7.21. The Morgan fingerprint density at radius 2 is 1.80 bits per heavy atom. The van der Waals surface area contributed by atoms with Crippen molar-refractivity contribution in [1.29, 1.82) is 0 Å². The SMILES string of the molecule is c1ccc2c(c1)ccn2/N=N/c1nc2ccccc2s1. The molecular weight excluding hydrogens is 268 g/mol. The Morgan fingerprint density at radius 3 is 2.75 bits per heavy atom. The van der Waals surface area contributed by atoms with Gasteiger partial charge < -0.3 is 0 Å². The third kappa shape index (κ3) is 1.88. The van der Waals surface area contributed by atoms with Gasteiger partial charge in [-0.2, -0.15) is 0 Å². The Bertz CT molecular complexity index is 887. The van der Waals surface area contributed by atoms with Gasteiger partial charge in [0.1, 0.15) is 0 Å². The van der Waals surface area contributed by atoms with Gasteiger partial charge in [0.05, 0.1) is 15.7 Å². The second-order valence-electron chi connectivity index (χ2n) is 4.37. The van der Waals surface area contributed by atoms with E-state index in [0.29, 0.717) is 5.13 Å². The van der Waals surface area contributed by atoms with E-state index in [4.69, 9.17) is 0 Å². The molecule has 4 aromatic rings. The summed E-state index contributed by atoms with van der Waals surface area (Å²) in [6, 6.07) is 18.1. The third-order valence-corrected chi connectivity index (χ3v) is 4.01. The molecule has 4 rings (SSSR count). The van der Waals surface area contributed by atoms with Crippen molar-refractivity contribution in [2.45, 2.75) is 0 Å². The lowest BCUT2D eigenvalue weighted by Gasteiger charge is -1.93. The molecule has 0 saturated heterocycles. The fourth-order valence-electron chi connectivity index (χ4n) is 2.14. The maximum atomic E-state index is 4.44. The van der Waals surface area contributed by atoms with Crippen molar-refractivity contribution in [2.75, 3.05) is 0 Å². The molecule has 0 fully saturated rings. The van der Waals surface area contributed by atoms with Gasteiger partial charge in [0.25, 0.3) is 0 Å². The molecule has 0 N–H and O–H groups in total. The van der Waals surface area contributed by atoms with Gasteiger partial charge in [0.15, 0.2) is 0 Å². The van der Waals surface area contributed by atoms with E-state index in [1.165, 1.54) is 11.3 Å². The number of thiazole rings is 1. The van der Waals surface area contributed by atoms with Crippen LogP contribution in [0.1, 0.15) is 0 Å². The zero-order valence-electron chi connectivity index (χ0n) is 10.5. The predicted octanol–water partition coefficient (Wildman–Crippen LogP) is 4.80. The molecule has 5 heteroatoms. The van der Waals surface area contributed by atoms with Crippen LogP contribution in [-0.4, -0.2) is 9.66 Å². The van der Waals surface area contributed by atoms with Crippen molar-refractivity contribution in [3.63, 3.8) is 0 Å². The largest absolute Gasteiger partial charge is 0.232 e. The molecule has 0 unspecified atom stereocenters. The zero-order chi connectivity index (χ0) is 13.4. The summed E-state index contributed by atoms with van der Waals surface area (Å²) in [5.74, 6) is 0. The number of para-hydroxylation sites is 2. The van der Waals surface area contributed by atoms with Crippen LogP contribution in [-0.2, 0) is 0 Å². The van der Waals surface area contributed by atoms with Crippen LogP contribution < -0.4 is 0 Å². The minimum atomic E-state index is 0.670. The second-order valence-corrected chi connectivity index (χ2v) is 5.38. The average molecular weight is 278 g/mol. The molecule has 2 aromatic carbocycles. The monoisotopic (exact) mass is 278 g/mol. The number of rotatable bonds is 2. The molecule has 0 spiro atoms. The molecular formula is C15H10N4S. The first-order valence-corrected chi connectivity index (χ1v) is 7.05. The summed E-state index contributed by atoms with van der Waals surface area (Å²) < 4.78 is 2.89. The molecule has 96 valence electrons. The molecule has 2 heterocycles. The van der Waals surface area contributed by atoms with Crippen LogP contribution in [0.15, 0.2) is 71.1 Å². The number of aromatic nitrogens is 2. The van der Waals surface area contributed by atoms with Crippen LogP contribution in [0.4, 0.5) is 5.13 Å². The van der Waals surface area contributed by atoms with Gasteiger partial charge in [-0.3, -0.25) is 0 Å². The van der Waals surface area contributed by atoms with Crippen LogP contribution in [0.25, 0.3) is 21.1 Å². The topological polar surface area (TPSA) is 42.5 Å². The van der Waals surface area contributed by atoms with E-state index in [9.17, 15) is 0 Å². The molecule has 0 saturated carbocycles. The summed E-state index contributed by atoms with van der Waals surface area (Å²) in [6.45, 7) is 0. The molecule has 0 aliphatic rings. The van der Waals surface area contributed by atoms with Crippen molar-refractivity contribution >= 4 is 37.6 Å². The number of benzene rings is 2. The fourth-order valence-corrected chi connectivity index (χ4v) is 2.92. The number of fused-ring (bicyclic) bond motifs is 2. The first-order valence-electron chi connectivity index (χ1n) is 6.24. The van der Waals surface area contributed by atoms with Gasteiger partial charge in [-0.15, -0.1) is 5.11 Å². The molecule has 4 nitrogen and oxygen atoms in total. The fraction of sp³-hybridized carbons (Fsp3) is 0. The highest BCUT2D eigenvalue weighted by Crippen LogP contribution is 2.28. The zero-order valence-corrected chi connectivity index (χ0v) is 11.3. The normalized spacial score (nSPS) is 11.8. The summed E-state index contributed by atoms with van der Waals surface area (Å²) >= 11 is 1.54. The lowest BCUT2D eigenvalue weighted by atomic mass is 10.3. The standard InChI is InChI=1S/C15H10N4S/c1-3-7-13-11(5-1)9-10-19(13)18-17-15-16-12-6-2-4-8-14(12)20-15/h1-10H/b18-17+. The van der Waals surface area contributed by atoms with Gasteiger partial charge in [-0.25, -0.2) is 9.66 Å². The van der Waals surface area contributed by atoms with Gasteiger partial charge in [0.2, 0.25) is 5.13 Å². The number of hydrogen-bond donors (Lipinski definition) is 0. The molecule has 0 amide bonds. The molecule has 0 aliphatic carbocycles. The van der Waals surface area contributed by atoms with Crippen LogP contribution >= 0.6 is 11.3 Å². The lowest BCUT2D eigenvalue weighted by molar-refractivity contribution is 0.839. The number of hydrogen-bond acceptors (Lipinski definition) is 4. The van der Waals surface area contributed by atoms with E-state index in [-0.39, 0.29) is 0 Å². The van der Waals surface area contributed by atoms with Crippen LogP contribution in [0.2, 0.25) is 0 Å². The van der Waals surface area contributed by atoms with Crippen LogP contribution in [0.5, 0.6) is 0 Å². The van der Waals surface area contributed by atoms with E-state index < -0.39 is 0 Å². The summed E-state index contributed by atoms with van der Waals surface area (Å²) in [7, 11) is 0. The highest BCUT2D eigenvalue weighted by Gasteiger charge is 2.02. The minimum Gasteiger partial charge on any atom is -0.222 e. The maximum absolute atomic E-state index is 4.44. The number of nitrogens with zero attached hydrogens (tertiary/aromatic N) is 4. The Hall–Kier alpha value is -2.53. The Kier molecular flexibility index (Phi) is 2.57. The molecule has 0 aliphatic heterocycles. The molecule has 0 bridgehead atoms. The summed E-state index contributed by atoms with van der Waals surface area (Å²) in [4.78, 5) is 4.44. The van der Waals surface area contributed by atoms with Gasteiger partial charge in [-0.05, 0) is 24.3 Å². The summed E-state index contributed by atoms with van der Waals surface area (Å²) in [5.41, 5.74) is 2.00. The Morgan fingerprint density at radius 1 is 0.950 bits per heavy atom. The van der Waals surface area contributed by atoms with Crippen LogP contribution in [0.3, 0.4) is 0 Å². The molecule has 2 aromatic heterocycles. The third-order valence-electron chi connectivity index (χ3n) is 3.09. The van der Waals surface area contributed by atoms with E-state index in [0.717, 1.165) is 21.1 Å². The molecule has 0 atom stereocenters. The van der Waals surface area contributed by atoms with Gasteiger partial charge >= 0.3 is 0 Å². The first kappa shape index (κ1) is 11.3. The highest BCUT2D eigenvalue weighted by atomic mass is 32.1. The predicted molar refractivity (Wildman–Crippen MR) is 81.5 cm³/mol. The second kappa shape index (κ2) is 4.54. The smallest absolute Gasteiger partial charge is 0.222 e. The first-order chi connectivity index (χ1) is 9.90. The van der Waals surface area contributed by atoms with E-state index in [1.54, 1.807) is 4.68 Å². The summed E-state index contributed by atoms with van der Waals surface area (Å²) in [6.07, 6.45) is 1.90. The van der Waals surface area contributed by atoms with Crippen molar-refractivity contribution in [3.05, 3.63) is 60.8 Å². The quantitative estimate of drug-likeness (QED) is 0.486. The van der Waals surface area contributed by atoms with E-state index >= 15 is 0 Å².